The van der Waals surface area contributed by atoms with Crippen LogP contribution >= 0.6 is 24.8 Å². The van der Waals surface area contributed by atoms with E-state index in [1.807, 2.05) is 30.3 Å². The first kappa shape index (κ1) is 22.5. The summed E-state index contributed by atoms with van der Waals surface area (Å²) in [6, 6.07) is 13.5. The molecule has 0 spiro atoms. The van der Waals surface area contributed by atoms with Gasteiger partial charge in [0.15, 0.2) is 0 Å². The first-order chi connectivity index (χ1) is 12.7. The number of nitrogens with one attached hydrogen (secondary N) is 1. The monoisotopic (exact) mass is 423 g/mol. The molecular weight excluding hydrogens is 397 g/mol. The van der Waals surface area contributed by atoms with E-state index >= 15 is 0 Å². The Kier molecular flexibility index (Phi) is 8.10. The molecule has 4 rings (SSSR count). The van der Waals surface area contributed by atoms with E-state index in [1.54, 1.807) is 18.3 Å². The minimum atomic E-state index is -0.124. The van der Waals surface area contributed by atoms with Crippen LogP contribution in [0.1, 0.15) is 42.6 Å². The van der Waals surface area contributed by atoms with Crippen LogP contribution in [0.15, 0.2) is 48.7 Å². The van der Waals surface area contributed by atoms with E-state index in [0.717, 1.165) is 31.4 Å². The molecular formula is C21H27Cl2N3O2. The number of hydrogen-bond acceptors (Lipinski definition) is 4. The number of rotatable bonds is 4. The Hall–Kier alpha value is -1.82. The van der Waals surface area contributed by atoms with Gasteiger partial charge in [-0.1, -0.05) is 24.6 Å². The minimum Gasteiger partial charge on any atom is -0.457 e. The van der Waals surface area contributed by atoms with E-state index in [0.29, 0.717) is 23.3 Å². The Morgan fingerprint density at radius 3 is 2.39 bits per heavy atom. The zero-order valence-electron chi connectivity index (χ0n) is 15.6. The summed E-state index contributed by atoms with van der Waals surface area (Å²) in [5.74, 6) is 2.21. The van der Waals surface area contributed by atoms with Gasteiger partial charge in [-0.05, 0) is 55.7 Å². The van der Waals surface area contributed by atoms with Crippen LogP contribution in [-0.4, -0.2) is 23.0 Å². The second-order valence-corrected chi connectivity index (χ2v) is 7.47. The third kappa shape index (κ3) is 5.16. The second-order valence-electron chi connectivity index (χ2n) is 7.47. The van der Waals surface area contributed by atoms with Crippen molar-refractivity contribution in [1.82, 2.24) is 10.3 Å². The Morgan fingerprint density at radius 2 is 1.71 bits per heavy atom. The lowest BCUT2D eigenvalue weighted by atomic mass is 9.67. The van der Waals surface area contributed by atoms with Gasteiger partial charge in [0.25, 0.3) is 5.91 Å². The van der Waals surface area contributed by atoms with E-state index < -0.39 is 0 Å². The fourth-order valence-electron chi connectivity index (χ4n) is 4.47. The van der Waals surface area contributed by atoms with Crippen molar-refractivity contribution in [3.8, 4) is 11.5 Å². The van der Waals surface area contributed by atoms with E-state index in [2.05, 4.69) is 10.3 Å². The highest BCUT2D eigenvalue weighted by atomic mass is 35.5. The maximum Gasteiger partial charge on any atom is 0.270 e. The fraction of sp³-hybridized carbons (Fsp3) is 0.429. The lowest BCUT2D eigenvalue weighted by molar-refractivity contribution is 0.0751. The summed E-state index contributed by atoms with van der Waals surface area (Å²) < 4.78 is 5.81. The molecule has 28 heavy (non-hydrogen) atoms. The molecule has 1 heterocycles. The molecule has 0 aliphatic heterocycles. The number of aromatic nitrogens is 1. The van der Waals surface area contributed by atoms with Crippen LogP contribution in [0, 0.1) is 11.8 Å². The SMILES string of the molecule is Cl.Cl.NC1CC2CCCC(C1)C2NC(=O)c1cc(Oc2ccccc2)ccn1. The Bertz CT molecular complexity index is 761. The number of halogens is 2. The highest BCUT2D eigenvalue weighted by Gasteiger charge is 2.40. The van der Waals surface area contributed by atoms with Crippen LogP contribution in [-0.2, 0) is 0 Å². The molecule has 152 valence electrons. The molecule has 7 heteroatoms. The number of nitrogens with zero attached hydrogens (tertiary/aromatic N) is 1. The van der Waals surface area contributed by atoms with Crippen LogP contribution < -0.4 is 15.8 Å². The molecule has 2 aliphatic rings. The number of benzene rings is 1. The first-order valence-electron chi connectivity index (χ1n) is 9.44. The van der Waals surface area contributed by atoms with Crippen molar-refractivity contribution in [2.75, 3.05) is 0 Å². The summed E-state index contributed by atoms with van der Waals surface area (Å²) in [6.07, 6.45) is 7.18. The van der Waals surface area contributed by atoms with Gasteiger partial charge in [0.1, 0.15) is 17.2 Å². The van der Waals surface area contributed by atoms with Crippen LogP contribution in [0.4, 0.5) is 0 Å². The van der Waals surface area contributed by atoms with Crippen LogP contribution in [0.2, 0.25) is 0 Å². The molecule has 2 unspecified atom stereocenters. The molecule has 1 amide bonds. The summed E-state index contributed by atoms with van der Waals surface area (Å²) in [7, 11) is 0. The minimum absolute atomic E-state index is 0. The van der Waals surface area contributed by atoms with Gasteiger partial charge in [-0.25, -0.2) is 0 Å². The van der Waals surface area contributed by atoms with Crippen molar-refractivity contribution in [1.29, 1.82) is 0 Å². The van der Waals surface area contributed by atoms with Gasteiger partial charge in [-0.2, -0.15) is 0 Å². The molecule has 2 fully saturated rings. The molecule has 2 bridgehead atoms. The highest BCUT2D eigenvalue weighted by Crippen LogP contribution is 2.39. The molecule has 3 N–H and O–H groups in total. The highest BCUT2D eigenvalue weighted by molar-refractivity contribution is 5.92. The second kappa shape index (κ2) is 10.1. The summed E-state index contributed by atoms with van der Waals surface area (Å²) >= 11 is 0. The number of fused-ring (bicyclic) bond motifs is 2. The molecule has 1 aromatic heterocycles. The van der Waals surface area contributed by atoms with Gasteiger partial charge in [0.2, 0.25) is 0 Å². The van der Waals surface area contributed by atoms with E-state index in [1.165, 1.54) is 6.42 Å². The normalized spacial score (nSPS) is 25.6. The average Bonchev–Trinajstić information content (AvgIpc) is 2.63. The summed E-state index contributed by atoms with van der Waals surface area (Å²) in [4.78, 5) is 17.0. The van der Waals surface area contributed by atoms with Crippen LogP contribution in [0.3, 0.4) is 0 Å². The standard InChI is InChI=1S/C21H25N3O2.2ClH/c22-16-11-14-5-4-6-15(12-16)20(14)24-21(25)19-13-18(9-10-23-19)26-17-7-2-1-3-8-17;;/h1-3,7-10,13-16,20H,4-6,11-12,22H2,(H,24,25);2*1H. The molecule has 5 nitrogen and oxygen atoms in total. The Morgan fingerprint density at radius 1 is 1.04 bits per heavy atom. The number of para-hydroxylation sites is 1. The van der Waals surface area contributed by atoms with Crippen LogP contribution in [0.25, 0.3) is 0 Å². The van der Waals surface area contributed by atoms with Crippen molar-refractivity contribution in [3.63, 3.8) is 0 Å². The van der Waals surface area contributed by atoms with Gasteiger partial charge in [0.05, 0.1) is 0 Å². The number of pyridine rings is 1. The predicted octanol–water partition coefficient (Wildman–Crippen LogP) is 4.35. The van der Waals surface area contributed by atoms with Gasteiger partial charge < -0.3 is 15.8 Å². The van der Waals surface area contributed by atoms with Crippen molar-refractivity contribution in [3.05, 3.63) is 54.4 Å². The summed E-state index contributed by atoms with van der Waals surface area (Å²) in [6.45, 7) is 0. The van der Waals surface area contributed by atoms with Gasteiger partial charge >= 0.3 is 0 Å². The third-order valence-electron chi connectivity index (χ3n) is 5.62. The van der Waals surface area contributed by atoms with Crippen LogP contribution in [0.5, 0.6) is 11.5 Å². The van der Waals surface area contributed by atoms with Gasteiger partial charge in [-0.3, -0.25) is 9.78 Å². The quantitative estimate of drug-likeness (QED) is 0.765. The zero-order chi connectivity index (χ0) is 17.9. The maximum absolute atomic E-state index is 12.8. The van der Waals surface area contributed by atoms with Crippen molar-refractivity contribution >= 4 is 30.7 Å². The molecule has 0 radical (unpaired) electrons. The zero-order valence-corrected chi connectivity index (χ0v) is 17.3. The number of hydrogen-bond donors (Lipinski definition) is 2. The van der Waals surface area contributed by atoms with Crippen molar-refractivity contribution in [2.45, 2.75) is 44.2 Å². The topological polar surface area (TPSA) is 77.2 Å². The lowest BCUT2D eigenvalue weighted by Gasteiger charge is -2.45. The smallest absolute Gasteiger partial charge is 0.270 e. The molecule has 2 saturated carbocycles. The lowest BCUT2D eigenvalue weighted by Crippen LogP contribution is -2.53. The van der Waals surface area contributed by atoms with E-state index in [4.69, 9.17) is 10.5 Å². The van der Waals surface area contributed by atoms with E-state index in [9.17, 15) is 4.79 Å². The van der Waals surface area contributed by atoms with Gasteiger partial charge in [-0.15, -0.1) is 24.8 Å². The predicted molar refractivity (Wildman–Crippen MR) is 115 cm³/mol. The molecule has 2 aromatic rings. The third-order valence-corrected chi connectivity index (χ3v) is 5.62. The molecule has 2 atom stereocenters. The number of amides is 1. The summed E-state index contributed by atoms with van der Waals surface area (Å²) in [5.41, 5.74) is 6.58. The Balaban J connectivity index is 0.00000140. The Labute approximate surface area is 178 Å². The molecule has 2 aliphatic carbocycles. The largest absolute Gasteiger partial charge is 0.457 e. The van der Waals surface area contributed by atoms with Crippen molar-refractivity contribution < 1.29 is 9.53 Å². The van der Waals surface area contributed by atoms with Crippen molar-refractivity contribution in [2.24, 2.45) is 17.6 Å². The fourth-order valence-corrected chi connectivity index (χ4v) is 4.47. The maximum atomic E-state index is 12.8. The number of ether oxygens (including phenoxy) is 1. The first-order valence-corrected chi connectivity index (χ1v) is 9.44. The molecule has 1 aromatic carbocycles. The number of nitrogens with two attached hydrogens (primary N) is 1. The summed E-state index contributed by atoms with van der Waals surface area (Å²) in [5, 5.41) is 3.24. The molecule has 0 saturated heterocycles. The van der Waals surface area contributed by atoms with E-state index in [-0.39, 0.29) is 42.8 Å². The van der Waals surface area contributed by atoms with Gasteiger partial charge in [0, 0.05) is 24.3 Å². The average molecular weight is 424 g/mol. The number of carbonyl (C=O) groups excluding carboxylic acids is 1. The number of carbonyl (C=O) groups is 1.